The lowest BCUT2D eigenvalue weighted by atomic mass is 10.2. The molecule has 16 heavy (non-hydrogen) atoms. The first-order chi connectivity index (χ1) is 7.86. The van der Waals surface area contributed by atoms with Gasteiger partial charge in [0.15, 0.2) is 0 Å². The van der Waals surface area contributed by atoms with E-state index in [-0.39, 0.29) is 0 Å². The maximum absolute atomic E-state index is 5.58. The molecule has 1 aromatic rings. The Kier molecular flexibility index (Phi) is 6.35. The average molecular weight is 219 g/mol. The summed E-state index contributed by atoms with van der Waals surface area (Å²) in [6.45, 7) is 6.78. The maximum Gasteiger partial charge on any atom is 0.120 e. The van der Waals surface area contributed by atoms with Crippen molar-refractivity contribution >= 4 is 0 Å². The van der Waals surface area contributed by atoms with Gasteiger partial charge in [-0.15, -0.1) is 0 Å². The largest absolute Gasteiger partial charge is 0.490 e. The Morgan fingerprint density at radius 2 is 2.25 bits per heavy atom. The van der Waals surface area contributed by atoms with E-state index < -0.39 is 0 Å². The molecule has 88 valence electrons. The summed E-state index contributed by atoms with van der Waals surface area (Å²) in [7, 11) is 0. The quantitative estimate of drug-likeness (QED) is 0.562. The van der Waals surface area contributed by atoms with Gasteiger partial charge < -0.3 is 10.1 Å². The summed E-state index contributed by atoms with van der Waals surface area (Å²) in [5.74, 6) is 0.939. The van der Waals surface area contributed by atoms with Gasteiger partial charge in [0, 0.05) is 6.54 Å². The van der Waals surface area contributed by atoms with Gasteiger partial charge in [0.25, 0.3) is 0 Å². The molecule has 0 unspecified atom stereocenters. The number of rotatable bonds is 7. The van der Waals surface area contributed by atoms with Crippen LogP contribution in [0.25, 0.3) is 0 Å². The zero-order valence-corrected chi connectivity index (χ0v) is 10.2. The molecule has 0 aliphatic carbocycles. The van der Waals surface area contributed by atoms with Crippen LogP contribution in [0.15, 0.2) is 36.4 Å². The Balaban J connectivity index is 2.43. The van der Waals surface area contributed by atoms with E-state index >= 15 is 0 Å². The van der Waals surface area contributed by atoms with Gasteiger partial charge in [0.2, 0.25) is 0 Å². The Labute approximate surface area is 98.3 Å². The van der Waals surface area contributed by atoms with Gasteiger partial charge in [-0.2, -0.15) is 0 Å². The summed E-state index contributed by atoms with van der Waals surface area (Å²) in [6, 6.07) is 8.23. The molecule has 1 N–H and O–H groups in total. The first kappa shape index (κ1) is 12.8. The van der Waals surface area contributed by atoms with Crippen molar-refractivity contribution in [2.75, 3.05) is 13.2 Å². The number of allylic oxidation sites excluding steroid dienone is 1. The van der Waals surface area contributed by atoms with E-state index in [1.54, 1.807) is 0 Å². The van der Waals surface area contributed by atoms with Gasteiger partial charge in [-0.25, -0.2) is 0 Å². The third kappa shape index (κ3) is 4.99. The molecule has 0 radical (unpaired) electrons. The van der Waals surface area contributed by atoms with Gasteiger partial charge in [-0.1, -0.05) is 31.2 Å². The molecule has 0 aliphatic rings. The minimum atomic E-state index is 0.641. The van der Waals surface area contributed by atoms with Crippen molar-refractivity contribution in [3.05, 3.63) is 42.0 Å². The molecule has 0 fully saturated rings. The fraction of sp³-hybridized carbons (Fsp3) is 0.429. The molecular weight excluding hydrogens is 198 g/mol. The molecule has 1 aromatic carbocycles. The predicted octanol–water partition coefficient (Wildman–Crippen LogP) is 3.14. The Morgan fingerprint density at radius 1 is 1.38 bits per heavy atom. The van der Waals surface area contributed by atoms with Crippen molar-refractivity contribution in [3.63, 3.8) is 0 Å². The van der Waals surface area contributed by atoms with Crippen molar-refractivity contribution in [1.29, 1.82) is 0 Å². The van der Waals surface area contributed by atoms with Gasteiger partial charge in [-0.3, -0.25) is 0 Å². The summed E-state index contributed by atoms with van der Waals surface area (Å²) in [6.07, 6.45) is 5.16. The Hall–Kier alpha value is -1.28. The van der Waals surface area contributed by atoms with Crippen molar-refractivity contribution < 1.29 is 4.74 Å². The highest BCUT2D eigenvalue weighted by Gasteiger charge is 1.95. The van der Waals surface area contributed by atoms with E-state index in [2.05, 4.69) is 24.4 Å². The summed E-state index contributed by atoms with van der Waals surface area (Å²) in [5.41, 5.74) is 1.27. The summed E-state index contributed by atoms with van der Waals surface area (Å²) in [5, 5.41) is 3.38. The lowest BCUT2D eigenvalue weighted by Gasteiger charge is -2.07. The molecule has 0 aromatic heterocycles. The summed E-state index contributed by atoms with van der Waals surface area (Å²) >= 11 is 0. The SMILES string of the molecule is C/C=C/COc1cccc(CNCCC)c1. The number of hydrogen-bond acceptors (Lipinski definition) is 2. The van der Waals surface area contributed by atoms with Gasteiger partial charge in [0.1, 0.15) is 12.4 Å². The highest BCUT2D eigenvalue weighted by Crippen LogP contribution is 2.13. The fourth-order valence-corrected chi connectivity index (χ4v) is 1.40. The molecule has 0 spiro atoms. The lowest BCUT2D eigenvalue weighted by Crippen LogP contribution is -2.13. The molecule has 2 nitrogen and oxygen atoms in total. The van der Waals surface area contributed by atoms with E-state index in [0.717, 1.165) is 25.3 Å². The van der Waals surface area contributed by atoms with Crippen LogP contribution in [0.3, 0.4) is 0 Å². The summed E-state index contributed by atoms with van der Waals surface area (Å²) < 4.78 is 5.58. The lowest BCUT2D eigenvalue weighted by molar-refractivity contribution is 0.362. The first-order valence-electron chi connectivity index (χ1n) is 5.90. The molecule has 0 saturated carbocycles. The van der Waals surface area contributed by atoms with Crippen LogP contribution in [-0.2, 0) is 6.54 Å². The molecule has 0 amide bonds. The van der Waals surface area contributed by atoms with E-state index in [1.165, 1.54) is 5.56 Å². The zero-order valence-electron chi connectivity index (χ0n) is 10.2. The van der Waals surface area contributed by atoms with Crippen molar-refractivity contribution in [3.8, 4) is 5.75 Å². The molecule has 0 heterocycles. The number of benzene rings is 1. The Bertz CT molecular complexity index is 320. The highest BCUT2D eigenvalue weighted by molar-refractivity contribution is 5.28. The van der Waals surface area contributed by atoms with Crippen molar-refractivity contribution in [2.24, 2.45) is 0 Å². The van der Waals surface area contributed by atoms with Gasteiger partial charge in [0.05, 0.1) is 0 Å². The third-order valence-electron chi connectivity index (χ3n) is 2.24. The van der Waals surface area contributed by atoms with Crippen LogP contribution in [0.2, 0.25) is 0 Å². The van der Waals surface area contributed by atoms with E-state index in [4.69, 9.17) is 4.74 Å². The molecule has 1 rings (SSSR count). The second-order valence-electron chi connectivity index (χ2n) is 3.70. The van der Waals surface area contributed by atoms with Gasteiger partial charge in [-0.05, 0) is 37.6 Å². The second-order valence-corrected chi connectivity index (χ2v) is 3.70. The Morgan fingerprint density at radius 3 is 3.00 bits per heavy atom. The van der Waals surface area contributed by atoms with Gasteiger partial charge >= 0.3 is 0 Å². The maximum atomic E-state index is 5.58. The molecule has 0 bridgehead atoms. The van der Waals surface area contributed by atoms with E-state index in [1.807, 2.05) is 31.2 Å². The van der Waals surface area contributed by atoms with Crippen molar-refractivity contribution in [2.45, 2.75) is 26.8 Å². The first-order valence-corrected chi connectivity index (χ1v) is 5.90. The molecule has 2 heteroatoms. The zero-order chi connectivity index (χ0) is 11.6. The third-order valence-corrected chi connectivity index (χ3v) is 2.24. The smallest absolute Gasteiger partial charge is 0.120 e. The van der Waals surface area contributed by atoms with Crippen LogP contribution in [0, 0.1) is 0 Å². The predicted molar refractivity (Wildman–Crippen MR) is 68.7 cm³/mol. The van der Waals surface area contributed by atoms with E-state index in [9.17, 15) is 0 Å². The average Bonchev–Trinajstić information content (AvgIpc) is 2.30. The number of nitrogens with one attached hydrogen (secondary N) is 1. The fourth-order valence-electron chi connectivity index (χ4n) is 1.40. The molecule has 0 saturated heterocycles. The molecule has 0 aliphatic heterocycles. The van der Waals surface area contributed by atoms with Crippen LogP contribution in [-0.4, -0.2) is 13.2 Å². The number of hydrogen-bond donors (Lipinski definition) is 1. The standard InChI is InChI=1S/C14H21NO/c1-3-5-10-16-14-8-6-7-13(11-14)12-15-9-4-2/h3,5-8,11,15H,4,9-10,12H2,1-2H3/b5-3+. The van der Waals surface area contributed by atoms with Crippen LogP contribution >= 0.6 is 0 Å². The number of ether oxygens (including phenoxy) is 1. The summed E-state index contributed by atoms with van der Waals surface area (Å²) in [4.78, 5) is 0. The minimum absolute atomic E-state index is 0.641. The monoisotopic (exact) mass is 219 g/mol. The second kappa shape index (κ2) is 7.94. The van der Waals surface area contributed by atoms with Crippen molar-refractivity contribution in [1.82, 2.24) is 5.32 Å². The van der Waals surface area contributed by atoms with E-state index in [0.29, 0.717) is 6.61 Å². The topological polar surface area (TPSA) is 21.3 Å². The van der Waals surface area contributed by atoms with Crippen LogP contribution in [0.1, 0.15) is 25.8 Å². The minimum Gasteiger partial charge on any atom is -0.490 e. The highest BCUT2D eigenvalue weighted by atomic mass is 16.5. The van der Waals surface area contributed by atoms with Crippen LogP contribution in [0.5, 0.6) is 5.75 Å². The van der Waals surface area contributed by atoms with Crippen LogP contribution < -0.4 is 10.1 Å². The molecular formula is C14H21NO. The molecule has 0 atom stereocenters. The van der Waals surface area contributed by atoms with Crippen LogP contribution in [0.4, 0.5) is 0 Å². The normalized spacial score (nSPS) is 10.9.